The summed E-state index contributed by atoms with van der Waals surface area (Å²) in [5, 5.41) is 8.69. The second-order valence-electron chi connectivity index (χ2n) is 2.52. The molecule has 0 aliphatic carbocycles. The minimum Gasteiger partial charge on any atom is -0.434 e. The molecule has 0 unspecified atom stereocenters. The summed E-state index contributed by atoms with van der Waals surface area (Å²) in [6.07, 6.45) is 2.51. The van der Waals surface area contributed by atoms with Crippen LogP contribution in [0.4, 0.5) is 8.78 Å². The Morgan fingerprint density at radius 2 is 2.20 bits per heavy atom. The molecule has 0 bridgehead atoms. The Labute approximate surface area is 90.3 Å². The molecule has 0 atom stereocenters. The Morgan fingerprint density at radius 3 is 2.80 bits per heavy atom. The molecule has 5 heteroatoms. The number of hydrogen-bond donors (Lipinski definition) is 0. The van der Waals surface area contributed by atoms with Gasteiger partial charge in [-0.1, -0.05) is 11.6 Å². The van der Waals surface area contributed by atoms with E-state index in [1.54, 1.807) is 6.07 Å². The second-order valence-corrected chi connectivity index (χ2v) is 2.96. The van der Waals surface area contributed by atoms with Crippen molar-refractivity contribution in [1.82, 2.24) is 0 Å². The molecule has 0 amide bonds. The van der Waals surface area contributed by atoms with Gasteiger partial charge in [0.15, 0.2) is 0 Å². The SMILES string of the molecule is N#C/C=C/c1cc(Cl)ccc1OC(F)F. The molecular weight excluding hydrogens is 224 g/mol. The number of ether oxygens (including phenoxy) is 1. The van der Waals surface area contributed by atoms with Gasteiger partial charge in [0.2, 0.25) is 0 Å². The molecule has 78 valence electrons. The molecule has 1 rings (SSSR count). The lowest BCUT2D eigenvalue weighted by molar-refractivity contribution is -0.0499. The van der Waals surface area contributed by atoms with Crippen LogP contribution < -0.4 is 4.74 Å². The fourth-order valence-corrected chi connectivity index (χ4v) is 1.16. The van der Waals surface area contributed by atoms with Crippen LogP contribution in [0.3, 0.4) is 0 Å². The highest BCUT2D eigenvalue weighted by atomic mass is 35.5. The molecule has 0 fully saturated rings. The number of nitriles is 1. The highest BCUT2D eigenvalue weighted by molar-refractivity contribution is 6.30. The number of allylic oxidation sites excluding steroid dienone is 1. The van der Waals surface area contributed by atoms with Crippen LogP contribution in [0.25, 0.3) is 6.08 Å². The summed E-state index contributed by atoms with van der Waals surface area (Å²) in [5.41, 5.74) is 0.337. The largest absolute Gasteiger partial charge is 0.434 e. The second kappa shape index (κ2) is 5.32. The average Bonchev–Trinajstić information content (AvgIpc) is 2.18. The van der Waals surface area contributed by atoms with Gasteiger partial charge in [-0.15, -0.1) is 0 Å². The summed E-state index contributed by atoms with van der Waals surface area (Å²) in [7, 11) is 0. The molecule has 0 heterocycles. The molecule has 15 heavy (non-hydrogen) atoms. The molecule has 0 aliphatic heterocycles. The maximum absolute atomic E-state index is 12.0. The van der Waals surface area contributed by atoms with E-state index in [2.05, 4.69) is 4.74 Å². The molecule has 0 radical (unpaired) electrons. The maximum Gasteiger partial charge on any atom is 0.387 e. The zero-order valence-corrected chi connectivity index (χ0v) is 8.21. The van der Waals surface area contributed by atoms with Crippen molar-refractivity contribution < 1.29 is 13.5 Å². The van der Waals surface area contributed by atoms with Crippen molar-refractivity contribution in [1.29, 1.82) is 5.26 Å². The van der Waals surface area contributed by atoms with Gasteiger partial charge >= 0.3 is 6.61 Å². The first kappa shape index (κ1) is 11.5. The van der Waals surface area contributed by atoms with Crippen LogP contribution in [0.5, 0.6) is 5.75 Å². The van der Waals surface area contributed by atoms with Gasteiger partial charge < -0.3 is 4.74 Å². The van der Waals surface area contributed by atoms with Gasteiger partial charge in [0.05, 0.1) is 6.07 Å². The summed E-state index contributed by atoms with van der Waals surface area (Å²) >= 11 is 5.67. The highest BCUT2D eigenvalue weighted by Crippen LogP contribution is 2.25. The number of halogens is 3. The van der Waals surface area contributed by atoms with Gasteiger partial charge in [-0.05, 0) is 24.3 Å². The molecule has 0 N–H and O–H groups in total. The zero-order valence-electron chi connectivity index (χ0n) is 7.45. The Balaban J connectivity index is 3.04. The molecule has 1 aromatic rings. The van der Waals surface area contributed by atoms with Gasteiger partial charge in [-0.2, -0.15) is 14.0 Å². The van der Waals surface area contributed by atoms with Crippen LogP contribution >= 0.6 is 11.6 Å². The van der Waals surface area contributed by atoms with E-state index < -0.39 is 6.61 Å². The maximum atomic E-state index is 12.0. The van der Waals surface area contributed by atoms with Crippen LogP contribution in [-0.2, 0) is 0 Å². The molecule has 0 saturated carbocycles. The monoisotopic (exact) mass is 229 g/mol. The third-order valence-electron chi connectivity index (χ3n) is 1.53. The lowest BCUT2D eigenvalue weighted by Gasteiger charge is -2.07. The molecule has 2 nitrogen and oxygen atoms in total. The summed E-state index contributed by atoms with van der Waals surface area (Å²) in [6, 6.07) is 5.95. The molecule has 0 aliphatic rings. The summed E-state index contributed by atoms with van der Waals surface area (Å²) in [6.45, 7) is -2.90. The van der Waals surface area contributed by atoms with Gasteiger partial charge in [-0.3, -0.25) is 0 Å². The Morgan fingerprint density at radius 1 is 1.47 bits per heavy atom. The first-order valence-corrected chi connectivity index (χ1v) is 4.32. The molecule has 0 saturated heterocycles. The fourth-order valence-electron chi connectivity index (χ4n) is 0.980. The highest BCUT2D eigenvalue weighted by Gasteiger charge is 2.08. The predicted molar refractivity (Wildman–Crippen MR) is 52.7 cm³/mol. The van der Waals surface area contributed by atoms with E-state index in [4.69, 9.17) is 16.9 Å². The van der Waals surface area contributed by atoms with E-state index in [0.29, 0.717) is 10.6 Å². The van der Waals surface area contributed by atoms with Crippen molar-refractivity contribution in [3.8, 4) is 11.8 Å². The van der Waals surface area contributed by atoms with Crippen LogP contribution in [-0.4, -0.2) is 6.61 Å². The molecular formula is C10H6ClF2NO. The summed E-state index contributed by atoms with van der Waals surface area (Å²) < 4.78 is 28.2. The molecule has 1 aromatic carbocycles. The van der Waals surface area contributed by atoms with Crippen molar-refractivity contribution in [2.45, 2.75) is 6.61 Å². The first-order valence-electron chi connectivity index (χ1n) is 3.94. The van der Waals surface area contributed by atoms with E-state index in [1.165, 1.54) is 24.3 Å². The fraction of sp³-hybridized carbons (Fsp3) is 0.100. The molecule has 0 spiro atoms. The number of nitrogens with zero attached hydrogens (tertiary/aromatic N) is 1. The van der Waals surface area contributed by atoms with Crippen LogP contribution in [0, 0.1) is 11.3 Å². The number of rotatable bonds is 3. The lowest BCUT2D eigenvalue weighted by atomic mass is 10.2. The average molecular weight is 230 g/mol. The van der Waals surface area contributed by atoms with Gasteiger partial charge in [0.25, 0.3) is 0 Å². The van der Waals surface area contributed by atoms with Gasteiger partial charge in [0, 0.05) is 16.7 Å². The standard InChI is InChI=1S/C10H6ClF2NO/c11-8-3-4-9(15-10(12)13)7(6-8)2-1-5-14/h1-4,6,10H/b2-1+. The lowest BCUT2D eigenvalue weighted by Crippen LogP contribution is -2.03. The zero-order chi connectivity index (χ0) is 11.3. The van der Waals surface area contributed by atoms with Gasteiger partial charge in [-0.25, -0.2) is 0 Å². The third kappa shape index (κ3) is 3.56. The van der Waals surface area contributed by atoms with Crippen molar-refractivity contribution >= 4 is 17.7 Å². The first-order chi connectivity index (χ1) is 7.13. The Bertz CT molecular complexity index is 412. The van der Waals surface area contributed by atoms with Crippen LogP contribution in [0.1, 0.15) is 5.56 Å². The Hall–Kier alpha value is -1.60. The quantitative estimate of drug-likeness (QED) is 0.744. The minimum absolute atomic E-state index is 0.0131. The number of benzene rings is 1. The van der Waals surface area contributed by atoms with Crippen molar-refractivity contribution in [3.63, 3.8) is 0 Å². The third-order valence-corrected chi connectivity index (χ3v) is 1.76. The topological polar surface area (TPSA) is 33.0 Å². The number of alkyl halides is 2. The van der Waals surface area contributed by atoms with E-state index in [-0.39, 0.29) is 5.75 Å². The smallest absolute Gasteiger partial charge is 0.387 e. The molecule has 0 aromatic heterocycles. The van der Waals surface area contributed by atoms with E-state index in [0.717, 1.165) is 6.08 Å². The summed E-state index contributed by atoms with van der Waals surface area (Å²) in [4.78, 5) is 0. The number of hydrogen-bond acceptors (Lipinski definition) is 2. The van der Waals surface area contributed by atoms with Crippen molar-refractivity contribution in [3.05, 3.63) is 34.9 Å². The van der Waals surface area contributed by atoms with E-state index in [1.807, 2.05) is 0 Å². The minimum atomic E-state index is -2.90. The summed E-state index contributed by atoms with van der Waals surface area (Å²) in [5.74, 6) is -0.0131. The van der Waals surface area contributed by atoms with E-state index >= 15 is 0 Å². The Kier molecular flexibility index (Phi) is 4.07. The van der Waals surface area contributed by atoms with Crippen molar-refractivity contribution in [2.75, 3.05) is 0 Å². The normalized spacial score (nSPS) is 10.6. The van der Waals surface area contributed by atoms with Gasteiger partial charge in [0.1, 0.15) is 5.75 Å². The van der Waals surface area contributed by atoms with Crippen LogP contribution in [0.15, 0.2) is 24.3 Å². The van der Waals surface area contributed by atoms with Crippen molar-refractivity contribution in [2.24, 2.45) is 0 Å². The predicted octanol–water partition coefficient (Wildman–Crippen LogP) is 3.48. The van der Waals surface area contributed by atoms with E-state index in [9.17, 15) is 8.78 Å². The van der Waals surface area contributed by atoms with Crippen LogP contribution in [0.2, 0.25) is 5.02 Å².